The van der Waals surface area contributed by atoms with Gasteiger partial charge in [0.15, 0.2) is 0 Å². The van der Waals surface area contributed by atoms with E-state index in [-0.39, 0.29) is 18.3 Å². The lowest BCUT2D eigenvalue weighted by Crippen LogP contribution is -2.38. The maximum atomic E-state index is 12.2. The first-order valence-corrected chi connectivity index (χ1v) is 6.58. The first-order chi connectivity index (χ1) is 9.94. The molecule has 1 heterocycles. The number of nitrogens with one attached hydrogen (secondary N) is 1. The molecule has 1 atom stereocenters. The Bertz CT molecular complexity index is 620. The molecule has 2 N–H and O–H groups in total. The highest BCUT2D eigenvalue weighted by atomic mass is 16.5. The highest BCUT2D eigenvalue weighted by Gasteiger charge is 2.25. The predicted molar refractivity (Wildman–Crippen MR) is 78.1 cm³/mol. The van der Waals surface area contributed by atoms with Crippen molar-refractivity contribution in [1.29, 1.82) is 0 Å². The van der Waals surface area contributed by atoms with E-state index in [1.165, 1.54) is 11.8 Å². The molecule has 2 aromatic rings. The van der Waals surface area contributed by atoms with Gasteiger partial charge in [0.25, 0.3) is 5.91 Å². The number of benzene rings is 1. The lowest BCUT2D eigenvalue weighted by molar-refractivity contribution is 0.0525. The van der Waals surface area contributed by atoms with Crippen molar-refractivity contribution in [2.45, 2.75) is 12.5 Å². The number of carbonyl (C=O) groups excluding carboxylic acids is 1. The van der Waals surface area contributed by atoms with Gasteiger partial charge in [-0.2, -0.15) is 0 Å². The van der Waals surface area contributed by atoms with E-state index >= 15 is 0 Å². The van der Waals surface area contributed by atoms with Gasteiger partial charge in [-0.1, -0.05) is 30.3 Å². The van der Waals surface area contributed by atoms with Crippen LogP contribution in [0.15, 0.2) is 36.5 Å². The molecular formula is C15H19N3O3. The molecule has 1 aromatic carbocycles. The maximum absolute atomic E-state index is 12.2. The Morgan fingerprint density at radius 1 is 1.43 bits per heavy atom. The van der Waals surface area contributed by atoms with Gasteiger partial charge < -0.3 is 15.2 Å². The van der Waals surface area contributed by atoms with Crippen LogP contribution in [-0.2, 0) is 12.6 Å². The van der Waals surface area contributed by atoms with Crippen molar-refractivity contribution < 1.29 is 14.6 Å². The first kappa shape index (κ1) is 15.1. The van der Waals surface area contributed by atoms with Crippen molar-refractivity contribution in [2.24, 2.45) is 7.05 Å². The number of amides is 1. The summed E-state index contributed by atoms with van der Waals surface area (Å²) in [6.07, 6.45) is 1.57. The van der Waals surface area contributed by atoms with E-state index in [4.69, 9.17) is 4.74 Å². The molecule has 0 spiro atoms. The zero-order valence-electron chi connectivity index (χ0n) is 12.3. The normalized spacial score (nSPS) is 13.5. The van der Waals surface area contributed by atoms with Crippen LogP contribution in [-0.4, -0.2) is 34.4 Å². The number of hydrogen-bond acceptors (Lipinski definition) is 4. The molecule has 112 valence electrons. The number of ether oxygens (including phenoxy) is 1. The van der Waals surface area contributed by atoms with E-state index in [2.05, 4.69) is 10.4 Å². The highest BCUT2D eigenvalue weighted by Crippen LogP contribution is 2.20. The van der Waals surface area contributed by atoms with Crippen LogP contribution in [0.25, 0.3) is 0 Å². The van der Waals surface area contributed by atoms with Gasteiger partial charge in [-0.3, -0.25) is 9.48 Å². The van der Waals surface area contributed by atoms with Crippen LogP contribution >= 0.6 is 0 Å². The molecule has 0 radical (unpaired) electrons. The number of hydrogen-bond donors (Lipinski definition) is 2. The third-order valence-electron chi connectivity index (χ3n) is 3.22. The summed E-state index contributed by atoms with van der Waals surface area (Å²) >= 11 is 0. The number of aliphatic hydroxyl groups is 1. The molecule has 2 rings (SSSR count). The molecule has 0 aliphatic heterocycles. The first-order valence-electron chi connectivity index (χ1n) is 6.58. The quantitative estimate of drug-likeness (QED) is 0.863. The van der Waals surface area contributed by atoms with E-state index in [9.17, 15) is 9.90 Å². The van der Waals surface area contributed by atoms with Gasteiger partial charge in [-0.15, -0.1) is 5.10 Å². The number of aromatic nitrogens is 2. The molecule has 1 aromatic heterocycles. The van der Waals surface area contributed by atoms with Crippen LogP contribution in [0, 0.1) is 0 Å². The molecule has 21 heavy (non-hydrogen) atoms. The number of nitrogens with zero attached hydrogens (tertiary/aromatic N) is 2. The zero-order chi connectivity index (χ0) is 15.5. The predicted octanol–water partition coefficient (Wildman–Crippen LogP) is 1.07. The number of methoxy groups -OCH3 is 1. The van der Waals surface area contributed by atoms with Crippen LogP contribution in [0.4, 0.5) is 0 Å². The summed E-state index contributed by atoms with van der Waals surface area (Å²) in [6.45, 7) is 1.75. The molecule has 0 bridgehead atoms. The van der Waals surface area contributed by atoms with Crippen LogP contribution in [0.5, 0.6) is 5.88 Å². The van der Waals surface area contributed by atoms with E-state index in [0.29, 0.717) is 5.56 Å². The van der Waals surface area contributed by atoms with Crippen LogP contribution in [0.2, 0.25) is 0 Å². The van der Waals surface area contributed by atoms with E-state index in [1.807, 2.05) is 30.3 Å². The molecule has 6 heteroatoms. The van der Waals surface area contributed by atoms with Gasteiger partial charge in [0.2, 0.25) is 5.88 Å². The average Bonchev–Trinajstić information content (AvgIpc) is 2.87. The molecule has 0 aliphatic carbocycles. The van der Waals surface area contributed by atoms with Gasteiger partial charge in [-0.05, 0) is 12.5 Å². The molecule has 6 nitrogen and oxygen atoms in total. The van der Waals surface area contributed by atoms with Crippen molar-refractivity contribution in [2.75, 3.05) is 13.7 Å². The molecule has 0 aliphatic rings. The Morgan fingerprint density at radius 2 is 2.10 bits per heavy atom. The minimum atomic E-state index is -1.15. The summed E-state index contributed by atoms with van der Waals surface area (Å²) in [4.78, 5) is 12.2. The van der Waals surface area contributed by atoms with Crippen molar-refractivity contribution in [3.63, 3.8) is 0 Å². The summed E-state index contributed by atoms with van der Waals surface area (Å²) in [6, 6.07) is 9.19. The van der Waals surface area contributed by atoms with Crippen molar-refractivity contribution in [3.8, 4) is 5.88 Å². The van der Waals surface area contributed by atoms with Gasteiger partial charge in [0.1, 0.15) is 11.2 Å². The molecule has 0 saturated carbocycles. The second-order valence-corrected chi connectivity index (χ2v) is 5.05. The summed E-state index contributed by atoms with van der Waals surface area (Å²) in [5.41, 5.74) is -0.0702. The maximum Gasteiger partial charge on any atom is 0.258 e. The third-order valence-corrected chi connectivity index (χ3v) is 3.22. The molecule has 0 fully saturated rings. The summed E-state index contributed by atoms with van der Waals surface area (Å²) in [5, 5.41) is 17.2. The second-order valence-electron chi connectivity index (χ2n) is 5.05. The van der Waals surface area contributed by atoms with Crippen molar-refractivity contribution in [1.82, 2.24) is 15.1 Å². The Morgan fingerprint density at radius 3 is 2.71 bits per heavy atom. The van der Waals surface area contributed by atoms with Crippen molar-refractivity contribution >= 4 is 5.91 Å². The number of rotatable bonds is 5. The Labute approximate surface area is 123 Å². The SMILES string of the molecule is COc1nn(C)cc1C(=O)NCC(C)(O)c1ccccc1. The topological polar surface area (TPSA) is 76.4 Å². The monoisotopic (exact) mass is 289 g/mol. The smallest absolute Gasteiger partial charge is 0.258 e. The van der Waals surface area contributed by atoms with Gasteiger partial charge in [-0.25, -0.2) is 0 Å². The van der Waals surface area contributed by atoms with Crippen LogP contribution in [0.3, 0.4) is 0 Å². The average molecular weight is 289 g/mol. The van der Waals surface area contributed by atoms with Crippen LogP contribution < -0.4 is 10.1 Å². The Kier molecular flexibility index (Phi) is 4.28. The third kappa shape index (κ3) is 3.41. The lowest BCUT2D eigenvalue weighted by Gasteiger charge is -2.24. The fourth-order valence-corrected chi connectivity index (χ4v) is 2.02. The fourth-order valence-electron chi connectivity index (χ4n) is 2.02. The van der Waals surface area contributed by atoms with Gasteiger partial charge in [0, 0.05) is 13.2 Å². The second kappa shape index (κ2) is 5.97. The lowest BCUT2D eigenvalue weighted by atomic mass is 9.96. The Balaban J connectivity index is 2.07. The number of carbonyl (C=O) groups is 1. The molecular weight excluding hydrogens is 270 g/mol. The molecule has 0 saturated heterocycles. The van der Waals surface area contributed by atoms with Gasteiger partial charge in [0.05, 0.1) is 13.7 Å². The Hall–Kier alpha value is -2.34. The van der Waals surface area contributed by atoms with Crippen LogP contribution in [0.1, 0.15) is 22.8 Å². The van der Waals surface area contributed by atoms with E-state index in [0.717, 1.165) is 5.56 Å². The largest absolute Gasteiger partial charge is 0.479 e. The van der Waals surface area contributed by atoms with E-state index in [1.54, 1.807) is 20.2 Å². The zero-order valence-corrected chi connectivity index (χ0v) is 12.3. The number of aryl methyl sites for hydroxylation is 1. The molecule has 1 unspecified atom stereocenters. The minimum absolute atomic E-state index is 0.0912. The van der Waals surface area contributed by atoms with E-state index < -0.39 is 5.60 Å². The van der Waals surface area contributed by atoms with Gasteiger partial charge >= 0.3 is 0 Å². The molecule has 1 amide bonds. The highest BCUT2D eigenvalue weighted by molar-refractivity contribution is 5.96. The fraction of sp³-hybridized carbons (Fsp3) is 0.333. The summed E-state index contributed by atoms with van der Waals surface area (Å²) < 4.78 is 6.55. The van der Waals surface area contributed by atoms with Crippen molar-refractivity contribution in [3.05, 3.63) is 47.7 Å². The minimum Gasteiger partial charge on any atom is -0.479 e. The summed E-state index contributed by atoms with van der Waals surface area (Å²) in [7, 11) is 3.17. The standard InChI is InChI=1S/C15H19N3O3/c1-15(20,11-7-5-4-6-8-11)10-16-13(19)12-9-18(2)17-14(12)21-3/h4-9,20H,10H2,1-3H3,(H,16,19). The summed E-state index contributed by atoms with van der Waals surface area (Å²) in [5.74, 6) is -0.0782.